The van der Waals surface area contributed by atoms with E-state index >= 15 is 0 Å². The number of rotatable bonds is 2. The van der Waals surface area contributed by atoms with Crippen molar-refractivity contribution in [2.75, 3.05) is 0 Å². The standard InChI is InChI=1S/C9H10O.Y/c10-8-4-7-9-5-2-1-3-6-9;/h4,7H,1-3,5H2;/q-2;/b7-4-;. The van der Waals surface area contributed by atoms with Gasteiger partial charge in [0.25, 0.3) is 0 Å². The van der Waals surface area contributed by atoms with Crippen LogP contribution in [-0.4, -0.2) is 6.29 Å². The molecule has 0 aromatic carbocycles. The van der Waals surface area contributed by atoms with Gasteiger partial charge in [-0.2, -0.15) is 6.08 Å². The van der Waals surface area contributed by atoms with Gasteiger partial charge in [-0.25, -0.2) is 11.6 Å². The second kappa shape index (κ2) is 6.93. The number of hydrogen-bond donors (Lipinski definition) is 0. The van der Waals surface area contributed by atoms with E-state index in [0.29, 0.717) is 0 Å². The van der Waals surface area contributed by atoms with Crippen LogP contribution >= 0.6 is 0 Å². The zero-order valence-corrected chi connectivity index (χ0v) is 9.31. The summed E-state index contributed by atoms with van der Waals surface area (Å²) in [5.41, 5.74) is 1.16. The van der Waals surface area contributed by atoms with E-state index in [2.05, 4.69) is 6.08 Å². The Morgan fingerprint density at radius 3 is 2.82 bits per heavy atom. The molecule has 0 aromatic heterocycles. The molecule has 0 heterocycles. The van der Waals surface area contributed by atoms with Crippen molar-refractivity contribution in [3.05, 3.63) is 23.8 Å². The topological polar surface area (TPSA) is 17.1 Å². The molecule has 1 radical (unpaired) electrons. The van der Waals surface area contributed by atoms with Gasteiger partial charge >= 0.3 is 0 Å². The summed E-state index contributed by atoms with van der Waals surface area (Å²) in [5, 5.41) is 0. The van der Waals surface area contributed by atoms with Crippen molar-refractivity contribution in [1.29, 1.82) is 0 Å². The van der Waals surface area contributed by atoms with Gasteiger partial charge in [-0.15, -0.1) is 6.42 Å². The third-order valence-corrected chi connectivity index (χ3v) is 1.58. The van der Waals surface area contributed by atoms with Crippen LogP contribution in [0.25, 0.3) is 0 Å². The molecule has 1 aliphatic rings. The fraction of sp³-hybridized carbons (Fsp3) is 0.444. The van der Waals surface area contributed by atoms with Crippen LogP contribution in [0.2, 0.25) is 0 Å². The van der Waals surface area contributed by atoms with Crippen molar-refractivity contribution in [1.82, 2.24) is 0 Å². The molecule has 2 heteroatoms. The van der Waals surface area contributed by atoms with E-state index in [1.54, 1.807) is 12.4 Å². The number of carbonyl (C=O) groups excluding carboxylic acids is 1. The van der Waals surface area contributed by atoms with E-state index in [-0.39, 0.29) is 32.7 Å². The van der Waals surface area contributed by atoms with Gasteiger partial charge in [-0.05, 0) is 6.29 Å². The molecule has 0 atom stereocenters. The van der Waals surface area contributed by atoms with Crippen molar-refractivity contribution >= 4 is 6.29 Å². The fourth-order valence-electron chi connectivity index (χ4n) is 1.05. The van der Waals surface area contributed by atoms with Gasteiger partial charge < -0.3 is 4.79 Å². The quantitative estimate of drug-likeness (QED) is 0.516. The molecule has 1 rings (SSSR count). The SMILES string of the molecule is O=[C-]/C=C\C1=[C-]CCCC1.[Y]. The van der Waals surface area contributed by atoms with Crippen LogP contribution < -0.4 is 0 Å². The number of allylic oxidation sites excluding steroid dienone is 4. The smallest absolute Gasteiger partial charge is 0 e. The molecule has 0 fully saturated rings. The third-order valence-electron chi connectivity index (χ3n) is 1.58. The van der Waals surface area contributed by atoms with Crippen molar-refractivity contribution < 1.29 is 37.5 Å². The Bertz CT molecular complexity index is 168. The molecule has 0 saturated heterocycles. The fourth-order valence-corrected chi connectivity index (χ4v) is 1.05. The molecule has 0 unspecified atom stereocenters. The molecule has 57 valence electrons. The molecule has 0 spiro atoms. The van der Waals surface area contributed by atoms with Gasteiger partial charge in [0.1, 0.15) is 0 Å². The maximum atomic E-state index is 9.79. The first kappa shape index (κ1) is 11.3. The van der Waals surface area contributed by atoms with Gasteiger partial charge in [-0.3, -0.25) is 6.08 Å². The van der Waals surface area contributed by atoms with Crippen LogP contribution in [0.5, 0.6) is 0 Å². The van der Waals surface area contributed by atoms with Crippen LogP contribution in [0, 0.1) is 6.08 Å². The van der Waals surface area contributed by atoms with Crippen LogP contribution in [0.3, 0.4) is 0 Å². The molecule has 11 heavy (non-hydrogen) atoms. The maximum absolute atomic E-state index is 9.79. The second-order valence-corrected chi connectivity index (χ2v) is 2.36. The maximum Gasteiger partial charge on any atom is 0 e. The molecule has 1 nitrogen and oxygen atoms in total. The van der Waals surface area contributed by atoms with Gasteiger partial charge in [0.2, 0.25) is 0 Å². The van der Waals surface area contributed by atoms with E-state index in [1.165, 1.54) is 18.9 Å². The zero-order chi connectivity index (χ0) is 7.23. The Morgan fingerprint density at radius 1 is 1.45 bits per heavy atom. The van der Waals surface area contributed by atoms with E-state index in [9.17, 15) is 4.79 Å². The van der Waals surface area contributed by atoms with Gasteiger partial charge in [0.15, 0.2) is 0 Å². The summed E-state index contributed by atoms with van der Waals surface area (Å²) in [4.78, 5) is 9.79. The van der Waals surface area contributed by atoms with E-state index in [4.69, 9.17) is 0 Å². The monoisotopic (exact) mass is 223 g/mol. The Kier molecular flexibility index (Phi) is 7.09. The Balaban J connectivity index is 0.000001000. The largest absolute Gasteiger partial charge is 0.419 e. The summed E-state index contributed by atoms with van der Waals surface area (Å²) in [6.07, 6.45) is 12.7. The van der Waals surface area contributed by atoms with E-state index in [0.717, 1.165) is 18.4 Å². The normalized spacial score (nSPS) is 17.3. The van der Waals surface area contributed by atoms with E-state index in [1.807, 2.05) is 0 Å². The molecule has 0 saturated carbocycles. The van der Waals surface area contributed by atoms with Crippen molar-refractivity contribution in [2.24, 2.45) is 0 Å². The predicted molar refractivity (Wildman–Crippen MR) is 40.1 cm³/mol. The molecule has 1 aliphatic carbocycles. The zero-order valence-electron chi connectivity index (χ0n) is 6.47. The summed E-state index contributed by atoms with van der Waals surface area (Å²) < 4.78 is 0. The minimum absolute atomic E-state index is 0. The molecule has 0 N–H and O–H groups in total. The van der Waals surface area contributed by atoms with Crippen molar-refractivity contribution in [3.8, 4) is 0 Å². The van der Waals surface area contributed by atoms with Crippen LogP contribution in [0.15, 0.2) is 17.7 Å². The first-order chi connectivity index (χ1) is 4.93. The molecule has 0 bridgehead atoms. The average Bonchev–Trinajstić information content (AvgIpc) is 2.03. The van der Waals surface area contributed by atoms with Crippen LogP contribution in [0.1, 0.15) is 25.7 Å². The summed E-state index contributed by atoms with van der Waals surface area (Å²) in [6.45, 7) is 0. The first-order valence-corrected chi connectivity index (χ1v) is 3.57. The summed E-state index contributed by atoms with van der Waals surface area (Å²) in [6, 6.07) is 0. The molecular weight excluding hydrogens is 213 g/mol. The number of hydrogen-bond acceptors (Lipinski definition) is 1. The molecule has 0 aliphatic heterocycles. The Hall–Kier alpha value is 0.254. The average molecular weight is 223 g/mol. The minimum Gasteiger partial charge on any atom is -0.419 e. The van der Waals surface area contributed by atoms with E-state index < -0.39 is 0 Å². The van der Waals surface area contributed by atoms with Gasteiger partial charge in [0.05, 0.1) is 0 Å². The first-order valence-electron chi connectivity index (χ1n) is 3.57. The van der Waals surface area contributed by atoms with Gasteiger partial charge in [-0.1, -0.05) is 19.3 Å². The Labute approximate surface area is 92.8 Å². The summed E-state index contributed by atoms with van der Waals surface area (Å²) >= 11 is 0. The van der Waals surface area contributed by atoms with Gasteiger partial charge in [0, 0.05) is 32.7 Å². The minimum atomic E-state index is 0. The van der Waals surface area contributed by atoms with Crippen LogP contribution in [0.4, 0.5) is 0 Å². The molecule has 0 aromatic rings. The molecular formula is C9H10OY-2. The second-order valence-electron chi connectivity index (χ2n) is 2.36. The summed E-state index contributed by atoms with van der Waals surface area (Å²) in [7, 11) is 0. The van der Waals surface area contributed by atoms with Crippen LogP contribution in [-0.2, 0) is 37.5 Å². The third kappa shape index (κ3) is 4.65. The van der Waals surface area contributed by atoms with Crippen molar-refractivity contribution in [2.45, 2.75) is 25.7 Å². The summed E-state index contributed by atoms with van der Waals surface area (Å²) in [5.74, 6) is 0. The molecule has 0 amide bonds. The Morgan fingerprint density at radius 2 is 2.27 bits per heavy atom. The predicted octanol–water partition coefficient (Wildman–Crippen LogP) is 1.95. The van der Waals surface area contributed by atoms with Crippen molar-refractivity contribution in [3.63, 3.8) is 0 Å².